The molecule has 0 fully saturated rings. The monoisotopic (exact) mass is 200 g/mol. The van der Waals surface area contributed by atoms with E-state index < -0.39 is 10.0 Å². The molecule has 0 saturated carbocycles. The van der Waals surface area contributed by atoms with E-state index >= 15 is 0 Å². The molecule has 0 aliphatic rings. The molecule has 1 atom stereocenters. The topological polar surface area (TPSA) is 59.1 Å². The summed E-state index contributed by atoms with van der Waals surface area (Å²) in [5.74, 6) is 0. The van der Waals surface area contributed by atoms with E-state index in [-0.39, 0.29) is 6.04 Å². The highest BCUT2D eigenvalue weighted by atomic mass is 32.2. The molecule has 72 valence electrons. The predicted octanol–water partition coefficient (Wildman–Crippen LogP) is 0.692. The molecule has 1 aromatic heterocycles. The number of nitrogens with one attached hydrogen (secondary N) is 1. The Labute approximate surface area is 78.1 Å². The van der Waals surface area contributed by atoms with Crippen LogP contribution in [0.15, 0.2) is 24.5 Å². The Morgan fingerprint density at radius 1 is 1.38 bits per heavy atom. The maximum absolute atomic E-state index is 10.9. The summed E-state index contributed by atoms with van der Waals surface area (Å²) >= 11 is 0. The third-order valence-corrected chi connectivity index (χ3v) is 2.38. The Hall–Kier alpha value is -0.940. The minimum atomic E-state index is -3.14. The van der Waals surface area contributed by atoms with E-state index in [4.69, 9.17) is 0 Å². The minimum Gasteiger partial charge on any atom is -0.265 e. The van der Waals surface area contributed by atoms with E-state index in [2.05, 4.69) is 9.71 Å². The largest absolute Gasteiger partial charge is 0.265 e. The lowest BCUT2D eigenvalue weighted by Crippen LogP contribution is -2.25. The molecule has 4 nitrogen and oxygen atoms in total. The van der Waals surface area contributed by atoms with Gasteiger partial charge in [0.15, 0.2) is 0 Å². The lowest BCUT2D eigenvalue weighted by Gasteiger charge is -2.11. The standard InChI is InChI=1S/C8H12N2O2S/c1-7(10-13(2,11)12)8-3-5-9-6-4-8/h3-7,10H,1-2H3/t7-/m0/s1. The molecular weight excluding hydrogens is 188 g/mol. The van der Waals surface area contributed by atoms with Crippen molar-refractivity contribution >= 4 is 10.0 Å². The van der Waals surface area contributed by atoms with Crippen LogP contribution in [0.5, 0.6) is 0 Å². The summed E-state index contributed by atoms with van der Waals surface area (Å²) in [7, 11) is -3.14. The number of hydrogen-bond acceptors (Lipinski definition) is 3. The summed E-state index contributed by atoms with van der Waals surface area (Å²) in [6.07, 6.45) is 4.41. The van der Waals surface area contributed by atoms with Crippen molar-refractivity contribution in [1.29, 1.82) is 0 Å². The van der Waals surface area contributed by atoms with Crippen LogP contribution < -0.4 is 4.72 Å². The zero-order valence-electron chi connectivity index (χ0n) is 7.56. The summed E-state index contributed by atoms with van der Waals surface area (Å²) in [5, 5.41) is 0. The lowest BCUT2D eigenvalue weighted by atomic mass is 10.1. The van der Waals surface area contributed by atoms with Gasteiger partial charge in [-0.05, 0) is 24.6 Å². The van der Waals surface area contributed by atoms with Crippen LogP contribution in [0.1, 0.15) is 18.5 Å². The van der Waals surface area contributed by atoms with Crippen molar-refractivity contribution in [3.8, 4) is 0 Å². The molecule has 0 amide bonds. The van der Waals surface area contributed by atoms with E-state index in [0.717, 1.165) is 11.8 Å². The van der Waals surface area contributed by atoms with Crippen molar-refractivity contribution in [1.82, 2.24) is 9.71 Å². The minimum absolute atomic E-state index is 0.210. The molecule has 5 heteroatoms. The van der Waals surface area contributed by atoms with Crippen LogP contribution in [0, 0.1) is 0 Å². The summed E-state index contributed by atoms with van der Waals surface area (Å²) in [5.41, 5.74) is 0.903. The molecule has 1 rings (SSSR count). The second-order valence-corrected chi connectivity index (χ2v) is 4.67. The zero-order chi connectivity index (χ0) is 9.90. The van der Waals surface area contributed by atoms with E-state index in [1.165, 1.54) is 0 Å². The Morgan fingerprint density at radius 3 is 2.38 bits per heavy atom. The molecule has 1 N–H and O–H groups in total. The fourth-order valence-electron chi connectivity index (χ4n) is 1.04. The first kappa shape index (κ1) is 10.1. The van der Waals surface area contributed by atoms with Crippen molar-refractivity contribution in [3.05, 3.63) is 30.1 Å². The van der Waals surface area contributed by atoms with Gasteiger partial charge in [0.25, 0.3) is 0 Å². The third kappa shape index (κ3) is 3.52. The number of aromatic nitrogens is 1. The van der Waals surface area contributed by atoms with Crippen LogP contribution in [-0.2, 0) is 10.0 Å². The highest BCUT2D eigenvalue weighted by molar-refractivity contribution is 7.88. The Morgan fingerprint density at radius 2 is 1.92 bits per heavy atom. The number of nitrogens with zero attached hydrogens (tertiary/aromatic N) is 1. The van der Waals surface area contributed by atoms with Gasteiger partial charge in [-0.3, -0.25) is 4.98 Å². The average molecular weight is 200 g/mol. The Kier molecular flexibility index (Phi) is 3.00. The summed E-state index contributed by atoms with van der Waals surface area (Å²) < 4.78 is 24.3. The zero-order valence-corrected chi connectivity index (χ0v) is 8.38. The average Bonchev–Trinajstić information content (AvgIpc) is 2.03. The number of rotatable bonds is 3. The van der Waals surface area contributed by atoms with Gasteiger partial charge in [0.1, 0.15) is 0 Å². The molecule has 1 aromatic rings. The van der Waals surface area contributed by atoms with Crippen LogP contribution in [0.4, 0.5) is 0 Å². The molecule has 1 heterocycles. The smallest absolute Gasteiger partial charge is 0.209 e. The molecule has 0 spiro atoms. The fourth-order valence-corrected chi connectivity index (χ4v) is 1.82. The van der Waals surface area contributed by atoms with E-state index in [1.54, 1.807) is 31.5 Å². The molecule has 0 aromatic carbocycles. The maximum atomic E-state index is 10.9. The van der Waals surface area contributed by atoms with Gasteiger partial charge in [0, 0.05) is 18.4 Å². The highest BCUT2D eigenvalue weighted by Crippen LogP contribution is 2.10. The van der Waals surface area contributed by atoms with Gasteiger partial charge in [0.05, 0.1) is 6.26 Å². The van der Waals surface area contributed by atoms with Crippen LogP contribution in [-0.4, -0.2) is 19.7 Å². The molecule has 13 heavy (non-hydrogen) atoms. The highest BCUT2D eigenvalue weighted by Gasteiger charge is 2.09. The number of pyridine rings is 1. The van der Waals surface area contributed by atoms with Crippen molar-refractivity contribution in [2.75, 3.05) is 6.26 Å². The quantitative estimate of drug-likeness (QED) is 0.781. The fraction of sp³-hybridized carbons (Fsp3) is 0.375. The SMILES string of the molecule is C[C@H](NS(C)(=O)=O)c1ccncc1. The molecule has 0 radical (unpaired) electrons. The van der Waals surface area contributed by atoms with Crippen LogP contribution >= 0.6 is 0 Å². The summed E-state index contributed by atoms with van der Waals surface area (Å²) in [6.45, 7) is 1.79. The first-order valence-corrected chi connectivity index (χ1v) is 5.75. The normalized spacial score (nSPS) is 14.0. The van der Waals surface area contributed by atoms with Gasteiger partial charge in [-0.15, -0.1) is 0 Å². The third-order valence-electron chi connectivity index (χ3n) is 1.60. The van der Waals surface area contributed by atoms with Crippen molar-refractivity contribution < 1.29 is 8.42 Å². The molecule has 0 aliphatic carbocycles. The van der Waals surface area contributed by atoms with E-state index in [1.807, 2.05) is 0 Å². The second kappa shape index (κ2) is 3.85. The van der Waals surface area contributed by atoms with E-state index in [9.17, 15) is 8.42 Å². The number of sulfonamides is 1. The van der Waals surface area contributed by atoms with Crippen molar-refractivity contribution in [2.24, 2.45) is 0 Å². The molecule has 0 unspecified atom stereocenters. The Balaban J connectivity index is 2.76. The summed E-state index contributed by atoms with van der Waals surface area (Å²) in [4.78, 5) is 3.85. The van der Waals surface area contributed by atoms with Gasteiger partial charge < -0.3 is 0 Å². The van der Waals surface area contributed by atoms with Gasteiger partial charge in [0.2, 0.25) is 10.0 Å². The van der Waals surface area contributed by atoms with Crippen LogP contribution in [0.25, 0.3) is 0 Å². The van der Waals surface area contributed by atoms with Gasteiger partial charge in [-0.2, -0.15) is 0 Å². The van der Waals surface area contributed by atoms with Gasteiger partial charge in [-0.25, -0.2) is 13.1 Å². The first-order chi connectivity index (χ1) is 5.99. The predicted molar refractivity (Wildman–Crippen MR) is 50.6 cm³/mol. The molecule has 0 saturated heterocycles. The molecular formula is C8H12N2O2S. The van der Waals surface area contributed by atoms with E-state index in [0.29, 0.717) is 0 Å². The van der Waals surface area contributed by atoms with Gasteiger partial charge in [-0.1, -0.05) is 0 Å². The number of hydrogen-bond donors (Lipinski definition) is 1. The maximum Gasteiger partial charge on any atom is 0.209 e. The molecule has 0 aliphatic heterocycles. The molecule has 0 bridgehead atoms. The van der Waals surface area contributed by atoms with Crippen molar-refractivity contribution in [2.45, 2.75) is 13.0 Å². The van der Waals surface area contributed by atoms with Crippen LogP contribution in [0.2, 0.25) is 0 Å². The van der Waals surface area contributed by atoms with Crippen LogP contribution in [0.3, 0.4) is 0 Å². The lowest BCUT2D eigenvalue weighted by molar-refractivity contribution is 0.573. The first-order valence-electron chi connectivity index (χ1n) is 3.86. The van der Waals surface area contributed by atoms with Crippen molar-refractivity contribution in [3.63, 3.8) is 0 Å². The second-order valence-electron chi connectivity index (χ2n) is 2.89. The van der Waals surface area contributed by atoms with Gasteiger partial charge >= 0.3 is 0 Å². The summed E-state index contributed by atoms with van der Waals surface area (Å²) in [6, 6.07) is 3.35. The Bertz CT molecular complexity index is 361.